The second-order valence-corrected chi connectivity index (χ2v) is 4.01. The number of halogens is 1. The first kappa shape index (κ1) is 9.52. The Morgan fingerprint density at radius 1 is 1.57 bits per heavy atom. The smallest absolute Gasteiger partial charge is 0.337 e. The summed E-state index contributed by atoms with van der Waals surface area (Å²) in [6.45, 7) is 0.929. The Morgan fingerprint density at radius 3 is 3.07 bits per heavy atom. The van der Waals surface area contributed by atoms with Gasteiger partial charge < -0.3 is 10.1 Å². The van der Waals surface area contributed by atoms with Crippen molar-refractivity contribution in [1.82, 2.24) is 0 Å². The van der Waals surface area contributed by atoms with Gasteiger partial charge in [-0.2, -0.15) is 0 Å². The molecule has 1 aromatic rings. The predicted molar refractivity (Wildman–Crippen MR) is 57.7 cm³/mol. The van der Waals surface area contributed by atoms with E-state index in [0.717, 1.165) is 23.1 Å². The lowest BCUT2D eigenvalue weighted by atomic mass is 10.1. The molecule has 1 aromatic carbocycles. The first-order valence-corrected chi connectivity index (χ1v) is 5.16. The molecule has 1 N–H and O–H groups in total. The number of methoxy groups -OCH3 is 1. The standard InChI is InChI=1S/C10H10BrNO2/c1-14-10(13)7-4-6-2-3-12-9(6)8(11)5-7/h4-5,12H,2-3H2,1H3. The fourth-order valence-corrected chi connectivity index (χ4v) is 2.26. The van der Waals surface area contributed by atoms with Gasteiger partial charge in [-0.3, -0.25) is 0 Å². The van der Waals surface area contributed by atoms with E-state index in [1.807, 2.05) is 6.07 Å². The highest BCUT2D eigenvalue weighted by molar-refractivity contribution is 9.10. The van der Waals surface area contributed by atoms with E-state index >= 15 is 0 Å². The topological polar surface area (TPSA) is 38.3 Å². The molecule has 0 saturated carbocycles. The molecule has 1 aliphatic rings. The van der Waals surface area contributed by atoms with E-state index in [0.29, 0.717) is 5.56 Å². The number of benzene rings is 1. The molecule has 0 aromatic heterocycles. The molecule has 4 heteroatoms. The maximum absolute atomic E-state index is 11.3. The highest BCUT2D eigenvalue weighted by Gasteiger charge is 2.17. The third-order valence-electron chi connectivity index (χ3n) is 2.29. The number of carbonyl (C=O) groups excluding carboxylic acids is 1. The Bertz CT molecular complexity index is 390. The summed E-state index contributed by atoms with van der Waals surface area (Å²) in [6.07, 6.45) is 0.957. The highest BCUT2D eigenvalue weighted by Crippen LogP contribution is 2.32. The molecule has 0 spiro atoms. The highest BCUT2D eigenvalue weighted by atomic mass is 79.9. The Labute approximate surface area is 90.6 Å². The molecular weight excluding hydrogens is 246 g/mol. The van der Waals surface area contributed by atoms with Crippen LogP contribution in [0.2, 0.25) is 0 Å². The van der Waals surface area contributed by atoms with Crippen molar-refractivity contribution in [1.29, 1.82) is 0 Å². The molecular formula is C10H10BrNO2. The van der Waals surface area contributed by atoms with Crippen LogP contribution < -0.4 is 5.32 Å². The van der Waals surface area contributed by atoms with Crippen LogP contribution in [0.4, 0.5) is 5.69 Å². The molecule has 3 nitrogen and oxygen atoms in total. The molecule has 0 aliphatic carbocycles. The van der Waals surface area contributed by atoms with E-state index in [2.05, 4.69) is 26.0 Å². The summed E-state index contributed by atoms with van der Waals surface area (Å²) in [5.74, 6) is -0.291. The Hall–Kier alpha value is -1.03. The van der Waals surface area contributed by atoms with Crippen molar-refractivity contribution in [3.63, 3.8) is 0 Å². The summed E-state index contributed by atoms with van der Waals surface area (Å²) in [4.78, 5) is 11.3. The molecule has 14 heavy (non-hydrogen) atoms. The van der Waals surface area contributed by atoms with Crippen molar-refractivity contribution in [2.45, 2.75) is 6.42 Å². The third kappa shape index (κ3) is 1.50. The second kappa shape index (κ2) is 3.61. The summed E-state index contributed by atoms with van der Waals surface area (Å²) >= 11 is 3.43. The van der Waals surface area contributed by atoms with Gasteiger partial charge in [0.05, 0.1) is 18.4 Å². The van der Waals surface area contributed by atoms with Crippen LogP contribution in [0.15, 0.2) is 16.6 Å². The van der Waals surface area contributed by atoms with Crippen molar-refractivity contribution < 1.29 is 9.53 Å². The molecule has 1 heterocycles. The molecule has 0 fully saturated rings. The molecule has 2 rings (SSSR count). The molecule has 74 valence electrons. The summed E-state index contributed by atoms with van der Waals surface area (Å²) in [7, 11) is 1.39. The number of esters is 1. The average Bonchev–Trinajstić information content (AvgIpc) is 2.64. The number of hydrogen-bond acceptors (Lipinski definition) is 3. The van der Waals surface area contributed by atoms with Gasteiger partial charge in [0.25, 0.3) is 0 Å². The van der Waals surface area contributed by atoms with Gasteiger partial charge >= 0.3 is 5.97 Å². The zero-order valence-corrected chi connectivity index (χ0v) is 9.35. The van der Waals surface area contributed by atoms with Gasteiger partial charge in [0.1, 0.15) is 0 Å². The first-order valence-electron chi connectivity index (χ1n) is 4.37. The van der Waals surface area contributed by atoms with Gasteiger partial charge in [0, 0.05) is 11.0 Å². The lowest BCUT2D eigenvalue weighted by Gasteiger charge is -2.05. The van der Waals surface area contributed by atoms with E-state index < -0.39 is 0 Å². The quantitative estimate of drug-likeness (QED) is 0.783. The van der Waals surface area contributed by atoms with Gasteiger partial charge in [-0.25, -0.2) is 4.79 Å². The van der Waals surface area contributed by atoms with Crippen LogP contribution in [-0.2, 0) is 11.2 Å². The summed E-state index contributed by atoms with van der Waals surface area (Å²) < 4.78 is 5.59. The van der Waals surface area contributed by atoms with Crippen molar-refractivity contribution in [2.75, 3.05) is 19.0 Å². The van der Waals surface area contributed by atoms with E-state index in [1.54, 1.807) is 6.07 Å². The van der Waals surface area contributed by atoms with Crippen LogP contribution in [0.3, 0.4) is 0 Å². The van der Waals surface area contributed by atoms with Crippen LogP contribution in [0.1, 0.15) is 15.9 Å². The SMILES string of the molecule is COC(=O)c1cc(Br)c2c(c1)CCN2. The van der Waals surface area contributed by atoms with Crippen LogP contribution in [0, 0.1) is 0 Å². The Morgan fingerprint density at radius 2 is 2.36 bits per heavy atom. The van der Waals surface area contributed by atoms with Gasteiger partial charge in [-0.1, -0.05) is 0 Å². The van der Waals surface area contributed by atoms with Crippen LogP contribution in [0.5, 0.6) is 0 Å². The average molecular weight is 256 g/mol. The van der Waals surface area contributed by atoms with Crippen molar-refractivity contribution in [3.05, 3.63) is 27.7 Å². The van der Waals surface area contributed by atoms with Gasteiger partial charge in [-0.05, 0) is 40.0 Å². The minimum absolute atomic E-state index is 0.291. The number of carbonyl (C=O) groups is 1. The maximum Gasteiger partial charge on any atom is 0.337 e. The van der Waals surface area contributed by atoms with Crippen molar-refractivity contribution in [2.24, 2.45) is 0 Å². The zero-order valence-electron chi connectivity index (χ0n) is 7.76. The Balaban J connectivity index is 2.46. The number of hydrogen-bond donors (Lipinski definition) is 1. The zero-order chi connectivity index (χ0) is 10.1. The van der Waals surface area contributed by atoms with Gasteiger partial charge in [0.15, 0.2) is 0 Å². The molecule has 0 bridgehead atoms. The minimum Gasteiger partial charge on any atom is -0.465 e. The number of fused-ring (bicyclic) bond motifs is 1. The molecule has 0 atom stereocenters. The van der Waals surface area contributed by atoms with Crippen LogP contribution >= 0.6 is 15.9 Å². The van der Waals surface area contributed by atoms with E-state index in [1.165, 1.54) is 12.7 Å². The fraction of sp³-hybridized carbons (Fsp3) is 0.300. The number of rotatable bonds is 1. The summed E-state index contributed by atoms with van der Waals surface area (Å²) in [5, 5.41) is 3.25. The third-order valence-corrected chi connectivity index (χ3v) is 2.91. The van der Waals surface area contributed by atoms with E-state index in [9.17, 15) is 4.79 Å². The van der Waals surface area contributed by atoms with Crippen LogP contribution in [0.25, 0.3) is 0 Å². The predicted octanol–water partition coefficient (Wildman–Crippen LogP) is 2.20. The van der Waals surface area contributed by atoms with E-state index in [-0.39, 0.29) is 5.97 Å². The second-order valence-electron chi connectivity index (χ2n) is 3.16. The molecule has 0 saturated heterocycles. The van der Waals surface area contributed by atoms with Gasteiger partial charge in [-0.15, -0.1) is 0 Å². The molecule has 0 unspecified atom stereocenters. The normalized spacial score (nSPS) is 13.3. The first-order chi connectivity index (χ1) is 6.72. The minimum atomic E-state index is -0.291. The Kier molecular flexibility index (Phi) is 2.46. The molecule has 0 radical (unpaired) electrons. The molecule has 0 amide bonds. The number of anilines is 1. The van der Waals surface area contributed by atoms with E-state index in [4.69, 9.17) is 0 Å². The number of ether oxygens (including phenoxy) is 1. The van der Waals surface area contributed by atoms with Crippen LogP contribution in [-0.4, -0.2) is 19.6 Å². The summed E-state index contributed by atoms with van der Waals surface area (Å²) in [6, 6.07) is 3.66. The van der Waals surface area contributed by atoms with Crippen molar-refractivity contribution >= 4 is 27.6 Å². The monoisotopic (exact) mass is 255 g/mol. The largest absolute Gasteiger partial charge is 0.465 e. The fourth-order valence-electron chi connectivity index (χ4n) is 1.62. The lowest BCUT2D eigenvalue weighted by Crippen LogP contribution is -2.02. The lowest BCUT2D eigenvalue weighted by molar-refractivity contribution is 0.0600. The van der Waals surface area contributed by atoms with Crippen molar-refractivity contribution in [3.8, 4) is 0 Å². The molecule has 1 aliphatic heterocycles. The maximum atomic E-state index is 11.3. The van der Waals surface area contributed by atoms with Gasteiger partial charge in [0.2, 0.25) is 0 Å². The summed E-state index contributed by atoms with van der Waals surface area (Å²) in [5.41, 5.74) is 2.86. The number of nitrogens with one attached hydrogen (secondary N) is 1.